The fraction of sp³-hybridized carbons (Fsp3) is 0. The molecule has 0 saturated heterocycles. The van der Waals surface area contributed by atoms with E-state index >= 15 is 0 Å². The third kappa shape index (κ3) is 3.85. The van der Waals surface area contributed by atoms with Crippen LogP contribution in [0.3, 0.4) is 0 Å². The van der Waals surface area contributed by atoms with E-state index < -0.39 is 5.82 Å². The smallest absolute Gasteiger partial charge is 0.248 e. The van der Waals surface area contributed by atoms with E-state index in [-0.39, 0.29) is 5.91 Å². The highest BCUT2D eigenvalue weighted by Crippen LogP contribution is 2.18. The first-order chi connectivity index (χ1) is 11.6. The van der Waals surface area contributed by atoms with E-state index in [9.17, 15) is 9.18 Å². The number of benzene rings is 1. The first-order valence-electron chi connectivity index (χ1n) is 7.00. The molecule has 2 heterocycles. The lowest BCUT2D eigenvalue weighted by Gasteiger charge is -2.07. The molecule has 0 bridgehead atoms. The summed E-state index contributed by atoms with van der Waals surface area (Å²) < 4.78 is 15.7. The van der Waals surface area contributed by atoms with Crippen molar-refractivity contribution < 1.29 is 9.18 Å². The number of carbonyl (C=O) groups excluding carboxylic acids is 1. The Labute approximate surface area is 142 Å². The molecule has 120 valence electrons. The number of amides is 1. The zero-order chi connectivity index (χ0) is 16.9. The molecule has 2 aromatic heterocycles. The fourth-order valence-electron chi connectivity index (χ4n) is 2.07. The number of nitrogens with zero attached hydrogens (tertiary/aromatic N) is 3. The topological polar surface area (TPSA) is 59.8 Å². The minimum Gasteiger partial charge on any atom is -0.322 e. The van der Waals surface area contributed by atoms with Crippen molar-refractivity contribution in [1.82, 2.24) is 14.5 Å². The molecule has 1 aromatic carbocycles. The lowest BCUT2D eigenvalue weighted by molar-refractivity contribution is -0.111. The molecule has 0 aliphatic rings. The third-order valence-electron chi connectivity index (χ3n) is 3.18. The number of aromatic nitrogens is 3. The summed E-state index contributed by atoms with van der Waals surface area (Å²) in [7, 11) is 0. The van der Waals surface area contributed by atoms with Gasteiger partial charge in [-0.3, -0.25) is 4.79 Å². The van der Waals surface area contributed by atoms with Crippen LogP contribution in [-0.2, 0) is 4.79 Å². The minimum atomic E-state index is -0.462. The van der Waals surface area contributed by atoms with Gasteiger partial charge in [0.2, 0.25) is 5.91 Å². The largest absolute Gasteiger partial charge is 0.322 e. The van der Waals surface area contributed by atoms with Gasteiger partial charge in [0.05, 0.1) is 12.0 Å². The number of anilines is 1. The van der Waals surface area contributed by atoms with E-state index in [1.54, 1.807) is 53.5 Å². The Balaban J connectivity index is 1.69. The Kier molecular flexibility index (Phi) is 4.67. The summed E-state index contributed by atoms with van der Waals surface area (Å²) in [4.78, 5) is 19.6. The zero-order valence-corrected chi connectivity index (χ0v) is 13.1. The molecule has 0 aliphatic heterocycles. The van der Waals surface area contributed by atoms with Gasteiger partial charge in [-0.05, 0) is 42.0 Å². The normalized spacial score (nSPS) is 10.9. The summed E-state index contributed by atoms with van der Waals surface area (Å²) in [5.41, 5.74) is 1.46. The standard InChI is InChI=1S/C17H12ClFN4O/c18-16-9-12(5-6-21-16)1-4-17(24)22-13-2-3-15(14(19)10-13)23-8-7-20-11-23/h1-11H,(H,22,24). The maximum atomic E-state index is 14.1. The van der Waals surface area contributed by atoms with Gasteiger partial charge >= 0.3 is 0 Å². The minimum absolute atomic E-state index is 0.342. The number of halogens is 2. The van der Waals surface area contributed by atoms with E-state index in [0.717, 1.165) is 5.56 Å². The number of rotatable bonds is 4. The van der Waals surface area contributed by atoms with E-state index in [4.69, 9.17) is 11.6 Å². The summed E-state index contributed by atoms with van der Waals surface area (Å²) in [5.74, 6) is -0.839. The van der Waals surface area contributed by atoms with Crippen LogP contribution in [0.5, 0.6) is 0 Å². The van der Waals surface area contributed by atoms with E-state index in [0.29, 0.717) is 16.5 Å². The van der Waals surface area contributed by atoms with Crippen LogP contribution in [0.1, 0.15) is 5.56 Å². The number of pyridine rings is 1. The number of imidazole rings is 1. The maximum Gasteiger partial charge on any atom is 0.248 e. The number of hydrogen-bond acceptors (Lipinski definition) is 3. The molecule has 0 saturated carbocycles. The van der Waals surface area contributed by atoms with Gasteiger partial charge in [0, 0.05) is 30.4 Å². The van der Waals surface area contributed by atoms with Crippen molar-refractivity contribution in [2.45, 2.75) is 0 Å². The molecule has 5 nitrogen and oxygen atoms in total. The van der Waals surface area contributed by atoms with Crippen LogP contribution in [-0.4, -0.2) is 20.4 Å². The van der Waals surface area contributed by atoms with Crippen LogP contribution in [0.2, 0.25) is 5.15 Å². The van der Waals surface area contributed by atoms with Crippen LogP contribution < -0.4 is 5.32 Å². The van der Waals surface area contributed by atoms with Crippen LogP contribution in [0, 0.1) is 5.82 Å². The summed E-state index contributed by atoms with van der Waals surface area (Å²) in [6.45, 7) is 0. The molecule has 1 amide bonds. The van der Waals surface area contributed by atoms with E-state index in [1.807, 2.05) is 0 Å². The van der Waals surface area contributed by atoms with E-state index in [1.165, 1.54) is 18.5 Å². The Hall–Kier alpha value is -2.99. The molecule has 0 atom stereocenters. The Morgan fingerprint density at radius 2 is 2.12 bits per heavy atom. The van der Waals surface area contributed by atoms with Crippen LogP contribution in [0.25, 0.3) is 11.8 Å². The molecule has 0 unspecified atom stereocenters. The predicted molar refractivity (Wildman–Crippen MR) is 90.4 cm³/mol. The SMILES string of the molecule is O=C(C=Cc1ccnc(Cl)c1)Nc1ccc(-n2ccnc2)c(F)c1. The summed E-state index contributed by atoms with van der Waals surface area (Å²) in [5, 5.41) is 2.94. The molecule has 24 heavy (non-hydrogen) atoms. The van der Waals surface area contributed by atoms with Gasteiger partial charge in [0.25, 0.3) is 0 Å². The summed E-state index contributed by atoms with van der Waals surface area (Å²) >= 11 is 5.77. The first-order valence-corrected chi connectivity index (χ1v) is 7.38. The Morgan fingerprint density at radius 3 is 2.83 bits per heavy atom. The van der Waals surface area contributed by atoms with Gasteiger partial charge in [0.15, 0.2) is 0 Å². The second kappa shape index (κ2) is 7.06. The van der Waals surface area contributed by atoms with Gasteiger partial charge in [-0.15, -0.1) is 0 Å². The average Bonchev–Trinajstić information content (AvgIpc) is 3.07. The molecule has 0 radical (unpaired) electrons. The Bertz CT molecular complexity index is 893. The van der Waals surface area contributed by atoms with Gasteiger partial charge in [-0.1, -0.05) is 11.6 Å². The molecule has 1 N–H and O–H groups in total. The van der Waals surface area contributed by atoms with Crippen molar-refractivity contribution >= 4 is 29.3 Å². The monoisotopic (exact) mass is 342 g/mol. The molecule has 0 fully saturated rings. The zero-order valence-electron chi connectivity index (χ0n) is 12.4. The molecular formula is C17H12ClFN4O. The predicted octanol–water partition coefficient (Wildman–Crippen LogP) is 3.71. The molecule has 7 heteroatoms. The fourth-order valence-corrected chi connectivity index (χ4v) is 2.25. The summed E-state index contributed by atoms with van der Waals surface area (Å²) in [6, 6.07) is 7.79. The van der Waals surface area contributed by atoms with Gasteiger partial charge in [-0.25, -0.2) is 14.4 Å². The van der Waals surface area contributed by atoms with Crippen molar-refractivity contribution in [3.63, 3.8) is 0 Å². The van der Waals surface area contributed by atoms with Gasteiger partial charge < -0.3 is 9.88 Å². The van der Waals surface area contributed by atoms with Crippen molar-refractivity contribution in [2.24, 2.45) is 0 Å². The maximum absolute atomic E-state index is 14.1. The number of carbonyl (C=O) groups is 1. The molecule has 0 spiro atoms. The second-order valence-electron chi connectivity index (χ2n) is 4.87. The van der Waals surface area contributed by atoms with Crippen LogP contribution in [0.15, 0.2) is 61.3 Å². The number of nitrogens with one attached hydrogen (secondary N) is 1. The average molecular weight is 343 g/mol. The van der Waals surface area contributed by atoms with Gasteiger partial charge in [0.1, 0.15) is 11.0 Å². The highest BCUT2D eigenvalue weighted by atomic mass is 35.5. The van der Waals surface area contributed by atoms with Crippen molar-refractivity contribution in [3.05, 3.63) is 77.9 Å². The lowest BCUT2D eigenvalue weighted by atomic mass is 10.2. The Morgan fingerprint density at radius 1 is 1.25 bits per heavy atom. The molecular weight excluding hydrogens is 331 g/mol. The quantitative estimate of drug-likeness (QED) is 0.581. The van der Waals surface area contributed by atoms with E-state index in [2.05, 4.69) is 15.3 Å². The van der Waals surface area contributed by atoms with Crippen LogP contribution >= 0.6 is 11.6 Å². The number of hydrogen-bond donors (Lipinski definition) is 1. The first kappa shape index (κ1) is 15.9. The molecule has 3 aromatic rings. The highest BCUT2D eigenvalue weighted by molar-refractivity contribution is 6.29. The second-order valence-corrected chi connectivity index (χ2v) is 5.26. The van der Waals surface area contributed by atoms with Crippen molar-refractivity contribution in [1.29, 1.82) is 0 Å². The summed E-state index contributed by atoms with van der Waals surface area (Å²) in [6.07, 6.45) is 9.18. The highest BCUT2D eigenvalue weighted by Gasteiger charge is 2.06. The molecule has 0 aliphatic carbocycles. The van der Waals surface area contributed by atoms with Gasteiger partial charge in [-0.2, -0.15) is 0 Å². The van der Waals surface area contributed by atoms with Crippen molar-refractivity contribution in [2.75, 3.05) is 5.32 Å². The third-order valence-corrected chi connectivity index (χ3v) is 3.38. The van der Waals surface area contributed by atoms with Crippen LogP contribution in [0.4, 0.5) is 10.1 Å². The lowest BCUT2D eigenvalue weighted by Crippen LogP contribution is -2.08. The van der Waals surface area contributed by atoms with Crippen molar-refractivity contribution in [3.8, 4) is 5.69 Å². The molecule has 3 rings (SSSR count).